The molecule has 0 saturated heterocycles. The summed E-state index contributed by atoms with van der Waals surface area (Å²) in [6.45, 7) is 2.30. The van der Waals surface area contributed by atoms with Gasteiger partial charge in [0.1, 0.15) is 0 Å². The zero-order valence-corrected chi connectivity index (χ0v) is 10.3. The first-order valence-electron chi connectivity index (χ1n) is 5.36. The molecule has 1 aliphatic rings. The van der Waals surface area contributed by atoms with Gasteiger partial charge >= 0.3 is 0 Å². The Morgan fingerprint density at radius 3 is 2.33 bits per heavy atom. The molecule has 15 heavy (non-hydrogen) atoms. The summed E-state index contributed by atoms with van der Waals surface area (Å²) in [5, 5.41) is 4.87. The van der Waals surface area contributed by atoms with Crippen molar-refractivity contribution in [3.63, 3.8) is 0 Å². The average Bonchev–Trinajstić information content (AvgIpc) is 2.49. The molecule has 0 spiro atoms. The maximum absolute atomic E-state index is 5.94. The molecular weight excluding hydrogens is 229 g/mol. The van der Waals surface area contributed by atoms with Gasteiger partial charge in [-0.25, -0.2) is 0 Å². The van der Waals surface area contributed by atoms with Crippen LogP contribution in [0.5, 0.6) is 0 Å². The average molecular weight is 244 g/mol. The van der Waals surface area contributed by atoms with Gasteiger partial charge in [-0.3, -0.25) is 0 Å². The number of hydrogen-bond acceptors (Lipinski definition) is 1. The lowest BCUT2D eigenvalue weighted by molar-refractivity contribution is 0.602. The van der Waals surface area contributed by atoms with Crippen molar-refractivity contribution in [1.82, 2.24) is 0 Å². The summed E-state index contributed by atoms with van der Waals surface area (Å²) in [5.74, 6) is 0.831. The van der Waals surface area contributed by atoms with Crippen LogP contribution in [0.25, 0.3) is 0 Å². The van der Waals surface area contributed by atoms with E-state index in [0.29, 0.717) is 16.1 Å². The highest BCUT2D eigenvalue weighted by molar-refractivity contribution is 6.35. The maximum atomic E-state index is 5.94. The Labute approximate surface area is 101 Å². The third-order valence-corrected chi connectivity index (χ3v) is 3.36. The molecule has 2 atom stereocenters. The highest BCUT2D eigenvalue weighted by Crippen LogP contribution is 2.29. The predicted molar refractivity (Wildman–Crippen MR) is 66.9 cm³/mol. The van der Waals surface area contributed by atoms with Crippen molar-refractivity contribution in [2.45, 2.75) is 32.2 Å². The van der Waals surface area contributed by atoms with Crippen molar-refractivity contribution < 1.29 is 0 Å². The van der Waals surface area contributed by atoms with Crippen LogP contribution in [-0.2, 0) is 0 Å². The van der Waals surface area contributed by atoms with Crippen LogP contribution in [0.1, 0.15) is 26.2 Å². The van der Waals surface area contributed by atoms with Crippen molar-refractivity contribution in [2.75, 3.05) is 5.32 Å². The molecule has 0 heterocycles. The van der Waals surface area contributed by atoms with E-state index in [4.69, 9.17) is 23.2 Å². The summed E-state index contributed by atoms with van der Waals surface area (Å²) < 4.78 is 0. The summed E-state index contributed by atoms with van der Waals surface area (Å²) in [4.78, 5) is 0. The lowest BCUT2D eigenvalue weighted by Gasteiger charge is -2.14. The van der Waals surface area contributed by atoms with Crippen LogP contribution in [0, 0.1) is 5.92 Å². The first kappa shape index (κ1) is 11.1. The molecule has 0 aliphatic heterocycles. The van der Waals surface area contributed by atoms with Crippen LogP contribution in [0.3, 0.4) is 0 Å². The van der Waals surface area contributed by atoms with Crippen molar-refractivity contribution in [2.24, 2.45) is 5.92 Å². The summed E-state index contributed by atoms with van der Waals surface area (Å²) in [6.07, 6.45) is 3.79. The van der Waals surface area contributed by atoms with Crippen LogP contribution >= 0.6 is 23.2 Å². The lowest BCUT2D eigenvalue weighted by Crippen LogP contribution is -2.15. The van der Waals surface area contributed by atoms with Crippen LogP contribution in [0.2, 0.25) is 10.0 Å². The van der Waals surface area contributed by atoms with E-state index in [2.05, 4.69) is 12.2 Å². The molecule has 1 aromatic rings. The molecule has 1 aliphatic carbocycles. The first-order valence-corrected chi connectivity index (χ1v) is 6.11. The van der Waals surface area contributed by atoms with Gasteiger partial charge in [-0.05, 0) is 43.4 Å². The molecule has 82 valence electrons. The second-order valence-electron chi connectivity index (χ2n) is 4.42. The molecule has 2 rings (SSSR count). The molecule has 3 heteroatoms. The summed E-state index contributed by atoms with van der Waals surface area (Å²) >= 11 is 11.9. The monoisotopic (exact) mass is 243 g/mol. The molecule has 1 saturated carbocycles. The second-order valence-corrected chi connectivity index (χ2v) is 5.29. The number of rotatable bonds is 2. The lowest BCUT2D eigenvalue weighted by atomic mass is 10.1. The minimum absolute atomic E-state index is 0.578. The Kier molecular flexibility index (Phi) is 3.42. The molecule has 0 radical (unpaired) electrons. The zero-order valence-electron chi connectivity index (χ0n) is 8.76. The Balaban J connectivity index is 2.04. The highest BCUT2D eigenvalue weighted by atomic mass is 35.5. The minimum Gasteiger partial charge on any atom is -0.382 e. The molecule has 0 amide bonds. The van der Waals surface area contributed by atoms with Crippen molar-refractivity contribution >= 4 is 28.9 Å². The number of nitrogens with one attached hydrogen (secondary N) is 1. The van der Waals surface area contributed by atoms with E-state index in [0.717, 1.165) is 11.6 Å². The summed E-state index contributed by atoms with van der Waals surface area (Å²) in [5.41, 5.74) is 1.03. The summed E-state index contributed by atoms with van der Waals surface area (Å²) in [7, 11) is 0. The Morgan fingerprint density at radius 2 is 1.80 bits per heavy atom. The SMILES string of the molecule is CC1CCC(Nc2cc(Cl)cc(Cl)c2)C1. The van der Waals surface area contributed by atoms with Crippen LogP contribution < -0.4 is 5.32 Å². The third kappa shape index (κ3) is 3.02. The molecule has 1 N–H and O–H groups in total. The maximum Gasteiger partial charge on any atom is 0.0441 e. The highest BCUT2D eigenvalue weighted by Gasteiger charge is 2.20. The Hall–Kier alpha value is -0.400. The quantitative estimate of drug-likeness (QED) is 0.801. The van der Waals surface area contributed by atoms with Crippen LogP contribution in [0.4, 0.5) is 5.69 Å². The van der Waals surface area contributed by atoms with Crippen LogP contribution in [0.15, 0.2) is 18.2 Å². The molecule has 2 unspecified atom stereocenters. The first-order chi connectivity index (χ1) is 7.13. The van der Waals surface area contributed by atoms with Gasteiger partial charge in [0.05, 0.1) is 0 Å². The van der Waals surface area contributed by atoms with Crippen LogP contribution in [-0.4, -0.2) is 6.04 Å². The zero-order chi connectivity index (χ0) is 10.8. The second kappa shape index (κ2) is 4.63. The molecule has 1 fully saturated rings. The number of anilines is 1. The van der Waals surface area contributed by atoms with E-state index in [1.54, 1.807) is 6.07 Å². The van der Waals surface area contributed by atoms with E-state index in [1.807, 2.05) is 12.1 Å². The third-order valence-electron chi connectivity index (χ3n) is 2.93. The fourth-order valence-electron chi connectivity index (χ4n) is 2.21. The minimum atomic E-state index is 0.578. The molecule has 1 aromatic carbocycles. The van der Waals surface area contributed by atoms with E-state index in [1.165, 1.54) is 19.3 Å². The molecule has 0 aromatic heterocycles. The number of halogens is 2. The van der Waals surface area contributed by atoms with Gasteiger partial charge in [-0.15, -0.1) is 0 Å². The molecule has 1 nitrogen and oxygen atoms in total. The Morgan fingerprint density at radius 1 is 1.13 bits per heavy atom. The van der Waals surface area contributed by atoms with Gasteiger partial charge in [0, 0.05) is 21.8 Å². The van der Waals surface area contributed by atoms with Crippen molar-refractivity contribution in [1.29, 1.82) is 0 Å². The fraction of sp³-hybridized carbons (Fsp3) is 0.500. The number of benzene rings is 1. The predicted octanol–water partition coefficient (Wildman–Crippen LogP) is 4.59. The topological polar surface area (TPSA) is 12.0 Å². The van der Waals surface area contributed by atoms with Crippen molar-refractivity contribution in [3.05, 3.63) is 28.2 Å². The smallest absolute Gasteiger partial charge is 0.0441 e. The van der Waals surface area contributed by atoms with Gasteiger partial charge < -0.3 is 5.32 Å². The van der Waals surface area contributed by atoms with E-state index >= 15 is 0 Å². The fourth-order valence-corrected chi connectivity index (χ4v) is 2.74. The van der Waals surface area contributed by atoms with E-state index in [9.17, 15) is 0 Å². The van der Waals surface area contributed by atoms with Gasteiger partial charge in [-0.2, -0.15) is 0 Å². The molecular formula is C12H15Cl2N. The van der Waals surface area contributed by atoms with Gasteiger partial charge in [0.25, 0.3) is 0 Å². The Bertz CT molecular complexity index is 331. The summed E-state index contributed by atoms with van der Waals surface area (Å²) in [6, 6.07) is 6.19. The standard InChI is InChI=1S/C12H15Cl2N/c1-8-2-3-11(4-8)15-12-6-9(13)5-10(14)7-12/h5-8,11,15H,2-4H2,1H3. The normalized spacial score (nSPS) is 25.5. The van der Waals surface area contributed by atoms with Gasteiger partial charge in [0.15, 0.2) is 0 Å². The largest absolute Gasteiger partial charge is 0.382 e. The van der Waals surface area contributed by atoms with Gasteiger partial charge in [0.2, 0.25) is 0 Å². The van der Waals surface area contributed by atoms with E-state index in [-0.39, 0.29) is 0 Å². The molecule has 0 bridgehead atoms. The van der Waals surface area contributed by atoms with Gasteiger partial charge in [-0.1, -0.05) is 30.1 Å². The number of hydrogen-bond donors (Lipinski definition) is 1. The van der Waals surface area contributed by atoms with Crippen molar-refractivity contribution in [3.8, 4) is 0 Å². The van der Waals surface area contributed by atoms with E-state index < -0.39 is 0 Å².